The summed E-state index contributed by atoms with van der Waals surface area (Å²) in [6, 6.07) is 8.10. The van der Waals surface area contributed by atoms with Gasteiger partial charge >= 0.3 is 0 Å². The molecule has 3 aromatic heterocycles. The van der Waals surface area contributed by atoms with Crippen molar-refractivity contribution >= 4 is 11.0 Å². The predicted molar refractivity (Wildman–Crippen MR) is 63.1 cm³/mol. The van der Waals surface area contributed by atoms with Gasteiger partial charge in [0.1, 0.15) is 5.65 Å². The minimum Gasteiger partial charge on any atom is -0.346 e. The second-order valence-electron chi connectivity index (χ2n) is 3.75. The van der Waals surface area contributed by atoms with Gasteiger partial charge in [0.05, 0.1) is 0 Å². The Morgan fingerprint density at radius 3 is 2.94 bits per heavy atom. The third kappa shape index (κ3) is 1.56. The van der Waals surface area contributed by atoms with Gasteiger partial charge in [-0.15, -0.1) is 0 Å². The molecule has 0 spiro atoms. The zero-order valence-electron chi connectivity index (χ0n) is 8.72. The van der Waals surface area contributed by atoms with Crippen LogP contribution in [0.3, 0.4) is 0 Å². The maximum absolute atomic E-state index is 4.27. The van der Waals surface area contributed by atoms with Gasteiger partial charge in [0.25, 0.3) is 0 Å². The normalized spacial score (nSPS) is 10.8. The molecule has 0 unspecified atom stereocenters. The highest BCUT2D eigenvalue weighted by Gasteiger charge is 2.04. The predicted octanol–water partition coefficient (Wildman–Crippen LogP) is 2.55. The number of hydrogen-bond acceptors (Lipinski definition) is 2. The van der Waals surface area contributed by atoms with Crippen LogP contribution in [0.5, 0.6) is 0 Å². The first-order valence-corrected chi connectivity index (χ1v) is 5.23. The lowest BCUT2D eigenvalue weighted by Crippen LogP contribution is -1.87. The van der Waals surface area contributed by atoms with Crippen LogP contribution < -0.4 is 0 Å². The highest BCUT2D eigenvalue weighted by Crippen LogP contribution is 2.18. The molecule has 3 heteroatoms. The Morgan fingerprint density at radius 1 is 1.12 bits per heavy atom. The second kappa shape index (κ2) is 3.77. The van der Waals surface area contributed by atoms with Crippen molar-refractivity contribution in [2.75, 3.05) is 0 Å². The quantitative estimate of drug-likeness (QED) is 0.704. The minimum atomic E-state index is 0.888. The summed E-state index contributed by atoms with van der Waals surface area (Å²) in [6.07, 6.45) is 8.40. The SMILES string of the molecule is c1cncc(Cc2c[nH]c3ncccc23)c1. The molecule has 0 saturated carbocycles. The van der Waals surface area contributed by atoms with Crippen molar-refractivity contribution in [3.63, 3.8) is 0 Å². The number of nitrogens with one attached hydrogen (secondary N) is 1. The van der Waals surface area contributed by atoms with Crippen LogP contribution in [0.15, 0.2) is 49.1 Å². The van der Waals surface area contributed by atoms with Gasteiger partial charge in [-0.2, -0.15) is 0 Å². The number of rotatable bonds is 2. The Balaban J connectivity index is 2.01. The summed E-state index contributed by atoms with van der Waals surface area (Å²) in [6.45, 7) is 0. The number of nitrogens with zero attached hydrogens (tertiary/aromatic N) is 2. The summed E-state index contributed by atoms with van der Waals surface area (Å²) in [5.41, 5.74) is 3.42. The Kier molecular flexibility index (Phi) is 2.14. The van der Waals surface area contributed by atoms with E-state index in [1.165, 1.54) is 16.5 Å². The summed E-state index contributed by atoms with van der Waals surface area (Å²) >= 11 is 0. The standard InChI is InChI=1S/C13H11N3/c1-3-10(8-14-5-1)7-11-9-16-13-12(11)4-2-6-15-13/h1-6,8-9H,7H2,(H,15,16). The Hall–Kier alpha value is -2.16. The molecule has 3 aromatic rings. The molecule has 78 valence electrons. The van der Waals surface area contributed by atoms with Gasteiger partial charge in [0.2, 0.25) is 0 Å². The highest BCUT2D eigenvalue weighted by molar-refractivity contribution is 5.79. The first kappa shape index (κ1) is 9.09. The molecule has 0 aliphatic carbocycles. The number of aromatic amines is 1. The zero-order chi connectivity index (χ0) is 10.8. The molecule has 0 fully saturated rings. The number of fused-ring (bicyclic) bond motifs is 1. The Bertz CT molecular complexity index is 599. The molecule has 0 amide bonds. The number of pyridine rings is 2. The van der Waals surface area contributed by atoms with Gasteiger partial charge in [-0.3, -0.25) is 4.98 Å². The molecular formula is C13H11N3. The molecule has 0 atom stereocenters. The lowest BCUT2D eigenvalue weighted by molar-refractivity contribution is 1.15. The summed E-state index contributed by atoms with van der Waals surface area (Å²) < 4.78 is 0. The van der Waals surface area contributed by atoms with E-state index in [1.807, 2.05) is 24.5 Å². The van der Waals surface area contributed by atoms with Crippen LogP contribution in [0.2, 0.25) is 0 Å². The van der Waals surface area contributed by atoms with Crippen LogP contribution in [0.4, 0.5) is 0 Å². The maximum Gasteiger partial charge on any atom is 0.137 e. The fourth-order valence-corrected chi connectivity index (χ4v) is 1.88. The van der Waals surface area contributed by atoms with Gasteiger partial charge in [0, 0.05) is 36.6 Å². The molecule has 3 heterocycles. The monoisotopic (exact) mass is 209 g/mol. The molecule has 0 saturated heterocycles. The summed E-state index contributed by atoms with van der Waals surface area (Å²) in [5.74, 6) is 0. The lowest BCUT2D eigenvalue weighted by atomic mass is 10.1. The molecule has 16 heavy (non-hydrogen) atoms. The molecular weight excluding hydrogens is 198 g/mol. The Morgan fingerprint density at radius 2 is 2.06 bits per heavy atom. The first-order chi connectivity index (χ1) is 7.93. The third-order valence-corrected chi connectivity index (χ3v) is 2.65. The number of aromatic nitrogens is 3. The fraction of sp³-hybridized carbons (Fsp3) is 0.0769. The number of hydrogen-bond donors (Lipinski definition) is 1. The molecule has 0 aliphatic heterocycles. The Labute approximate surface area is 93.2 Å². The van der Waals surface area contributed by atoms with E-state index in [4.69, 9.17) is 0 Å². The van der Waals surface area contributed by atoms with Crippen LogP contribution in [0.25, 0.3) is 11.0 Å². The van der Waals surface area contributed by atoms with Crippen molar-refractivity contribution in [2.24, 2.45) is 0 Å². The average Bonchev–Trinajstić information content (AvgIpc) is 2.74. The second-order valence-corrected chi connectivity index (χ2v) is 3.75. The van der Waals surface area contributed by atoms with Crippen molar-refractivity contribution in [1.82, 2.24) is 15.0 Å². The van der Waals surface area contributed by atoms with Gasteiger partial charge in [-0.05, 0) is 29.3 Å². The zero-order valence-corrected chi connectivity index (χ0v) is 8.72. The topological polar surface area (TPSA) is 41.6 Å². The molecule has 0 aromatic carbocycles. The van der Waals surface area contributed by atoms with Crippen molar-refractivity contribution in [2.45, 2.75) is 6.42 Å². The number of H-pyrrole nitrogens is 1. The van der Waals surface area contributed by atoms with E-state index < -0.39 is 0 Å². The molecule has 1 N–H and O–H groups in total. The van der Waals surface area contributed by atoms with Gasteiger partial charge < -0.3 is 4.98 Å². The maximum atomic E-state index is 4.27. The van der Waals surface area contributed by atoms with E-state index in [0.29, 0.717) is 0 Å². The van der Waals surface area contributed by atoms with Gasteiger partial charge in [-0.1, -0.05) is 6.07 Å². The molecule has 3 rings (SSSR count). The van der Waals surface area contributed by atoms with E-state index in [0.717, 1.165) is 12.1 Å². The van der Waals surface area contributed by atoms with Crippen molar-refractivity contribution < 1.29 is 0 Å². The molecule has 3 nitrogen and oxygen atoms in total. The first-order valence-electron chi connectivity index (χ1n) is 5.23. The lowest BCUT2D eigenvalue weighted by Gasteiger charge is -1.98. The summed E-state index contributed by atoms with van der Waals surface area (Å²) in [4.78, 5) is 11.6. The molecule has 0 bridgehead atoms. The van der Waals surface area contributed by atoms with Crippen LogP contribution >= 0.6 is 0 Å². The molecule has 0 aliphatic rings. The van der Waals surface area contributed by atoms with E-state index in [1.54, 1.807) is 12.4 Å². The van der Waals surface area contributed by atoms with Crippen molar-refractivity contribution in [3.8, 4) is 0 Å². The average molecular weight is 209 g/mol. The van der Waals surface area contributed by atoms with E-state index in [2.05, 4.69) is 27.1 Å². The van der Waals surface area contributed by atoms with Gasteiger partial charge in [0.15, 0.2) is 0 Å². The van der Waals surface area contributed by atoms with E-state index in [-0.39, 0.29) is 0 Å². The van der Waals surface area contributed by atoms with Crippen LogP contribution in [-0.4, -0.2) is 15.0 Å². The third-order valence-electron chi connectivity index (χ3n) is 2.65. The summed E-state index contributed by atoms with van der Waals surface area (Å²) in [5, 5.41) is 1.19. The smallest absolute Gasteiger partial charge is 0.137 e. The van der Waals surface area contributed by atoms with Crippen molar-refractivity contribution in [1.29, 1.82) is 0 Å². The largest absolute Gasteiger partial charge is 0.346 e. The minimum absolute atomic E-state index is 0.888. The fourth-order valence-electron chi connectivity index (χ4n) is 1.88. The highest BCUT2D eigenvalue weighted by atomic mass is 14.8. The van der Waals surface area contributed by atoms with Crippen LogP contribution in [0.1, 0.15) is 11.1 Å². The van der Waals surface area contributed by atoms with Crippen molar-refractivity contribution in [3.05, 3.63) is 60.2 Å². The summed E-state index contributed by atoms with van der Waals surface area (Å²) in [7, 11) is 0. The molecule has 0 radical (unpaired) electrons. The van der Waals surface area contributed by atoms with Gasteiger partial charge in [-0.25, -0.2) is 4.98 Å². The van der Waals surface area contributed by atoms with Crippen LogP contribution in [0, 0.1) is 0 Å². The van der Waals surface area contributed by atoms with E-state index in [9.17, 15) is 0 Å². The van der Waals surface area contributed by atoms with Crippen LogP contribution in [-0.2, 0) is 6.42 Å². The van der Waals surface area contributed by atoms with E-state index >= 15 is 0 Å².